The third kappa shape index (κ3) is 4.59. The highest BCUT2D eigenvalue weighted by molar-refractivity contribution is 5.32. The van der Waals surface area contributed by atoms with E-state index in [-0.39, 0.29) is 5.54 Å². The maximum Gasteiger partial charge on any atom is 0.0991 e. The summed E-state index contributed by atoms with van der Waals surface area (Å²) in [5.74, 6) is 0. The molecule has 0 saturated carbocycles. The Hall–Kier alpha value is -1.37. The van der Waals surface area contributed by atoms with Gasteiger partial charge in [0, 0.05) is 5.54 Å². The van der Waals surface area contributed by atoms with Gasteiger partial charge in [-0.2, -0.15) is 5.26 Å². The van der Waals surface area contributed by atoms with Gasteiger partial charge in [0.2, 0.25) is 0 Å². The summed E-state index contributed by atoms with van der Waals surface area (Å²) in [5.41, 5.74) is 7.12. The molecule has 3 nitrogen and oxygen atoms in total. The van der Waals surface area contributed by atoms with Gasteiger partial charge in [0.05, 0.1) is 24.8 Å². The van der Waals surface area contributed by atoms with Gasteiger partial charge in [-0.3, -0.25) is 0 Å². The molecule has 0 radical (unpaired) electrons. The van der Waals surface area contributed by atoms with Crippen molar-refractivity contribution in [2.75, 3.05) is 6.61 Å². The van der Waals surface area contributed by atoms with Crippen LogP contribution in [0.4, 0.5) is 0 Å². The molecule has 0 spiro atoms. The van der Waals surface area contributed by atoms with Gasteiger partial charge in [0.25, 0.3) is 0 Å². The Bertz CT molecular complexity index is 361. The highest BCUT2D eigenvalue weighted by atomic mass is 16.5. The van der Waals surface area contributed by atoms with Gasteiger partial charge in [-0.1, -0.05) is 12.1 Å². The van der Waals surface area contributed by atoms with Crippen LogP contribution in [0.3, 0.4) is 0 Å². The molecule has 0 bridgehead atoms. The summed E-state index contributed by atoms with van der Waals surface area (Å²) in [6.45, 7) is 4.83. The van der Waals surface area contributed by atoms with E-state index < -0.39 is 0 Å². The van der Waals surface area contributed by atoms with E-state index in [9.17, 15) is 0 Å². The fourth-order valence-corrected chi connectivity index (χ4v) is 1.16. The average Bonchev–Trinajstić information content (AvgIpc) is 2.16. The summed E-state index contributed by atoms with van der Waals surface area (Å²) in [6.07, 6.45) is 0. The fraction of sp³-hybridized carbons (Fsp3) is 0.417. The number of hydrogen-bond acceptors (Lipinski definition) is 3. The van der Waals surface area contributed by atoms with E-state index in [1.54, 1.807) is 6.07 Å². The van der Waals surface area contributed by atoms with Crippen LogP contribution in [-0.4, -0.2) is 12.1 Å². The summed E-state index contributed by atoms with van der Waals surface area (Å²) in [5, 5.41) is 8.71. The summed E-state index contributed by atoms with van der Waals surface area (Å²) < 4.78 is 5.45. The number of benzene rings is 1. The molecule has 1 rings (SSSR count). The van der Waals surface area contributed by atoms with Gasteiger partial charge in [-0.05, 0) is 31.5 Å². The van der Waals surface area contributed by atoms with E-state index in [0.717, 1.165) is 5.56 Å². The molecule has 0 unspecified atom stereocenters. The standard InChI is InChI=1S/C12H16N2O/c1-12(2,14)9-15-8-11-5-3-4-10(6-11)7-13/h3-6H,8-9,14H2,1-2H3. The van der Waals surface area contributed by atoms with Crippen molar-refractivity contribution in [2.45, 2.75) is 26.0 Å². The molecule has 2 N–H and O–H groups in total. The first-order valence-electron chi connectivity index (χ1n) is 4.87. The van der Waals surface area contributed by atoms with Crippen LogP contribution in [0, 0.1) is 11.3 Å². The number of rotatable bonds is 4. The number of nitriles is 1. The van der Waals surface area contributed by atoms with E-state index >= 15 is 0 Å². The second-order valence-electron chi connectivity index (χ2n) is 4.29. The first kappa shape index (κ1) is 11.7. The summed E-state index contributed by atoms with van der Waals surface area (Å²) in [7, 11) is 0. The zero-order chi connectivity index (χ0) is 11.3. The maximum atomic E-state index is 8.71. The number of ether oxygens (including phenoxy) is 1. The van der Waals surface area contributed by atoms with Crippen molar-refractivity contribution in [3.63, 3.8) is 0 Å². The molecular weight excluding hydrogens is 188 g/mol. The minimum Gasteiger partial charge on any atom is -0.375 e. The lowest BCUT2D eigenvalue weighted by Gasteiger charge is -2.18. The molecule has 0 aromatic heterocycles. The molecule has 80 valence electrons. The normalized spacial score (nSPS) is 11.1. The molecule has 1 aromatic rings. The largest absolute Gasteiger partial charge is 0.375 e. The summed E-state index contributed by atoms with van der Waals surface area (Å²) in [4.78, 5) is 0. The van der Waals surface area contributed by atoms with Gasteiger partial charge >= 0.3 is 0 Å². The highest BCUT2D eigenvalue weighted by Gasteiger charge is 2.10. The Morgan fingerprint density at radius 3 is 2.80 bits per heavy atom. The lowest BCUT2D eigenvalue weighted by atomic mass is 10.1. The highest BCUT2D eigenvalue weighted by Crippen LogP contribution is 2.07. The SMILES string of the molecule is CC(C)(N)COCc1cccc(C#N)c1. The van der Waals surface area contributed by atoms with E-state index in [1.165, 1.54) is 0 Å². The molecule has 0 heterocycles. The quantitative estimate of drug-likeness (QED) is 0.813. The van der Waals surface area contributed by atoms with Crippen molar-refractivity contribution in [1.82, 2.24) is 0 Å². The van der Waals surface area contributed by atoms with Crippen molar-refractivity contribution in [3.8, 4) is 6.07 Å². The van der Waals surface area contributed by atoms with Crippen LogP contribution >= 0.6 is 0 Å². The van der Waals surface area contributed by atoms with Crippen molar-refractivity contribution in [2.24, 2.45) is 5.73 Å². The van der Waals surface area contributed by atoms with Gasteiger partial charge in [0.15, 0.2) is 0 Å². The molecule has 0 aliphatic carbocycles. The number of nitrogens with zero attached hydrogens (tertiary/aromatic N) is 1. The predicted octanol–water partition coefficient (Wildman–Crippen LogP) is 1.81. The van der Waals surface area contributed by atoms with Crippen LogP contribution in [-0.2, 0) is 11.3 Å². The van der Waals surface area contributed by atoms with Crippen LogP contribution in [0.2, 0.25) is 0 Å². The van der Waals surface area contributed by atoms with Gasteiger partial charge < -0.3 is 10.5 Å². The van der Waals surface area contributed by atoms with Crippen molar-refractivity contribution in [1.29, 1.82) is 5.26 Å². The molecule has 3 heteroatoms. The van der Waals surface area contributed by atoms with Crippen LogP contribution < -0.4 is 5.73 Å². The van der Waals surface area contributed by atoms with Gasteiger partial charge in [-0.15, -0.1) is 0 Å². The Morgan fingerprint density at radius 1 is 1.47 bits per heavy atom. The Balaban J connectivity index is 2.48. The molecule has 0 amide bonds. The summed E-state index contributed by atoms with van der Waals surface area (Å²) in [6, 6.07) is 9.48. The van der Waals surface area contributed by atoms with Gasteiger partial charge in [-0.25, -0.2) is 0 Å². The predicted molar refractivity (Wildman–Crippen MR) is 59.1 cm³/mol. The van der Waals surface area contributed by atoms with Crippen LogP contribution in [0.1, 0.15) is 25.0 Å². The lowest BCUT2D eigenvalue weighted by Crippen LogP contribution is -2.37. The van der Waals surface area contributed by atoms with E-state index in [0.29, 0.717) is 18.8 Å². The van der Waals surface area contributed by atoms with Crippen LogP contribution in [0.25, 0.3) is 0 Å². The van der Waals surface area contributed by atoms with Gasteiger partial charge in [0.1, 0.15) is 0 Å². The molecule has 0 atom stereocenters. The van der Waals surface area contributed by atoms with Crippen molar-refractivity contribution < 1.29 is 4.74 Å². The Morgan fingerprint density at radius 2 is 2.20 bits per heavy atom. The van der Waals surface area contributed by atoms with Crippen molar-refractivity contribution >= 4 is 0 Å². The minimum absolute atomic E-state index is 0.313. The van der Waals surface area contributed by atoms with Crippen LogP contribution in [0.15, 0.2) is 24.3 Å². The van der Waals surface area contributed by atoms with E-state index in [2.05, 4.69) is 6.07 Å². The zero-order valence-electron chi connectivity index (χ0n) is 9.16. The third-order valence-electron chi connectivity index (χ3n) is 1.80. The maximum absolute atomic E-state index is 8.71. The second-order valence-corrected chi connectivity index (χ2v) is 4.29. The molecule has 0 saturated heterocycles. The fourth-order valence-electron chi connectivity index (χ4n) is 1.16. The smallest absolute Gasteiger partial charge is 0.0991 e. The third-order valence-corrected chi connectivity index (χ3v) is 1.80. The number of nitrogens with two attached hydrogens (primary N) is 1. The number of hydrogen-bond donors (Lipinski definition) is 1. The molecule has 15 heavy (non-hydrogen) atoms. The molecule has 0 aliphatic rings. The molecule has 1 aromatic carbocycles. The second kappa shape index (κ2) is 4.92. The molecular formula is C12H16N2O. The Labute approximate surface area is 90.5 Å². The summed E-state index contributed by atoms with van der Waals surface area (Å²) >= 11 is 0. The lowest BCUT2D eigenvalue weighted by molar-refractivity contribution is 0.0851. The van der Waals surface area contributed by atoms with E-state index in [1.807, 2.05) is 32.0 Å². The first-order valence-corrected chi connectivity index (χ1v) is 4.87. The monoisotopic (exact) mass is 204 g/mol. The van der Waals surface area contributed by atoms with Crippen LogP contribution in [0.5, 0.6) is 0 Å². The Kier molecular flexibility index (Phi) is 3.84. The molecule has 0 fully saturated rings. The molecule has 0 aliphatic heterocycles. The zero-order valence-corrected chi connectivity index (χ0v) is 9.16. The first-order chi connectivity index (χ1) is 7.01. The minimum atomic E-state index is -0.313. The van der Waals surface area contributed by atoms with E-state index in [4.69, 9.17) is 15.7 Å². The average molecular weight is 204 g/mol. The van der Waals surface area contributed by atoms with Crippen molar-refractivity contribution in [3.05, 3.63) is 35.4 Å². The topological polar surface area (TPSA) is 59.0 Å².